The van der Waals surface area contributed by atoms with Gasteiger partial charge in [0, 0.05) is 17.5 Å². The summed E-state index contributed by atoms with van der Waals surface area (Å²) in [5.41, 5.74) is 1.24. The van der Waals surface area contributed by atoms with Gasteiger partial charge in [-0.15, -0.1) is 0 Å². The molecule has 2 aromatic carbocycles. The first-order chi connectivity index (χ1) is 13.7. The SMILES string of the molecule is COc1cccc(OCC(=O)OCc2cc(-c3cc4ccccc4o3)on2)c1. The molecule has 7 heteroatoms. The van der Waals surface area contributed by atoms with Crippen molar-refractivity contribution >= 4 is 16.9 Å². The molecule has 7 nitrogen and oxygen atoms in total. The Morgan fingerprint density at radius 2 is 1.86 bits per heavy atom. The van der Waals surface area contributed by atoms with Crippen LogP contribution in [-0.2, 0) is 16.1 Å². The Morgan fingerprint density at radius 3 is 2.71 bits per heavy atom. The monoisotopic (exact) mass is 379 g/mol. The summed E-state index contributed by atoms with van der Waals surface area (Å²) < 4.78 is 26.7. The second kappa shape index (κ2) is 7.87. The Kier molecular flexibility index (Phi) is 4.97. The Balaban J connectivity index is 1.32. The lowest BCUT2D eigenvalue weighted by Gasteiger charge is -2.07. The number of rotatable bonds is 7. The number of esters is 1. The molecular formula is C21H17NO6. The molecule has 2 heterocycles. The van der Waals surface area contributed by atoms with Gasteiger partial charge in [-0.25, -0.2) is 4.79 Å². The van der Waals surface area contributed by atoms with Gasteiger partial charge in [0.1, 0.15) is 29.4 Å². The van der Waals surface area contributed by atoms with E-state index in [2.05, 4.69) is 5.16 Å². The van der Waals surface area contributed by atoms with Crippen LogP contribution in [-0.4, -0.2) is 24.8 Å². The van der Waals surface area contributed by atoms with Crippen molar-refractivity contribution in [1.82, 2.24) is 5.16 Å². The van der Waals surface area contributed by atoms with E-state index in [1.54, 1.807) is 37.4 Å². The van der Waals surface area contributed by atoms with Crippen LogP contribution in [0.1, 0.15) is 5.69 Å². The van der Waals surface area contributed by atoms with Crippen molar-refractivity contribution in [3.8, 4) is 23.0 Å². The van der Waals surface area contributed by atoms with Gasteiger partial charge in [-0.3, -0.25) is 0 Å². The third-order valence-electron chi connectivity index (χ3n) is 4.01. The fourth-order valence-electron chi connectivity index (χ4n) is 2.63. The van der Waals surface area contributed by atoms with Gasteiger partial charge < -0.3 is 23.2 Å². The lowest BCUT2D eigenvalue weighted by atomic mass is 10.2. The maximum Gasteiger partial charge on any atom is 0.344 e. The summed E-state index contributed by atoms with van der Waals surface area (Å²) in [6.07, 6.45) is 0. The van der Waals surface area contributed by atoms with Crippen LogP contribution in [0.3, 0.4) is 0 Å². The van der Waals surface area contributed by atoms with Crippen molar-refractivity contribution in [3.63, 3.8) is 0 Å². The molecule has 0 aliphatic carbocycles. The first-order valence-electron chi connectivity index (χ1n) is 8.58. The third-order valence-corrected chi connectivity index (χ3v) is 4.01. The maximum atomic E-state index is 11.9. The van der Waals surface area contributed by atoms with Gasteiger partial charge in [-0.2, -0.15) is 0 Å². The smallest absolute Gasteiger partial charge is 0.344 e. The lowest BCUT2D eigenvalue weighted by Crippen LogP contribution is -2.14. The van der Waals surface area contributed by atoms with Crippen LogP contribution in [0.15, 0.2) is 69.6 Å². The second-order valence-electron chi connectivity index (χ2n) is 5.96. The molecule has 142 valence electrons. The van der Waals surface area contributed by atoms with Crippen LogP contribution >= 0.6 is 0 Å². The van der Waals surface area contributed by atoms with Gasteiger partial charge in [0.05, 0.1) is 7.11 Å². The summed E-state index contributed by atoms with van der Waals surface area (Å²) in [4.78, 5) is 11.9. The van der Waals surface area contributed by atoms with Crippen molar-refractivity contribution in [3.05, 3.63) is 66.4 Å². The molecule has 0 atom stereocenters. The summed E-state index contributed by atoms with van der Waals surface area (Å²) in [5.74, 6) is 1.68. The van der Waals surface area contributed by atoms with Gasteiger partial charge >= 0.3 is 5.97 Å². The van der Waals surface area contributed by atoms with Crippen LogP contribution < -0.4 is 9.47 Å². The number of aromatic nitrogens is 1. The Hall–Kier alpha value is -3.74. The number of ether oxygens (including phenoxy) is 3. The van der Waals surface area contributed by atoms with E-state index in [-0.39, 0.29) is 13.2 Å². The van der Waals surface area contributed by atoms with E-state index in [0.717, 1.165) is 11.0 Å². The van der Waals surface area contributed by atoms with Crippen molar-refractivity contribution < 1.29 is 27.9 Å². The van der Waals surface area contributed by atoms with E-state index in [1.807, 2.05) is 30.3 Å². The Bertz CT molecular complexity index is 1060. The average Bonchev–Trinajstić information content (AvgIpc) is 3.37. The molecule has 0 amide bonds. The molecule has 0 N–H and O–H groups in total. The molecule has 4 rings (SSSR count). The maximum absolute atomic E-state index is 11.9. The van der Waals surface area contributed by atoms with Gasteiger partial charge in [-0.05, 0) is 24.3 Å². The number of furan rings is 1. The highest BCUT2D eigenvalue weighted by Crippen LogP contribution is 2.28. The zero-order valence-corrected chi connectivity index (χ0v) is 15.1. The van der Waals surface area contributed by atoms with Crippen molar-refractivity contribution in [2.24, 2.45) is 0 Å². The molecule has 0 saturated carbocycles. The molecule has 0 unspecified atom stereocenters. The zero-order valence-electron chi connectivity index (χ0n) is 15.1. The minimum absolute atomic E-state index is 0.0238. The molecule has 2 aromatic heterocycles. The third kappa shape index (κ3) is 3.98. The number of hydrogen-bond donors (Lipinski definition) is 0. The topological polar surface area (TPSA) is 83.9 Å². The van der Waals surface area contributed by atoms with E-state index in [0.29, 0.717) is 28.7 Å². The number of benzene rings is 2. The largest absolute Gasteiger partial charge is 0.497 e. The number of carbonyl (C=O) groups excluding carboxylic acids is 1. The number of methoxy groups -OCH3 is 1. The van der Waals surface area contributed by atoms with Crippen molar-refractivity contribution in [2.45, 2.75) is 6.61 Å². The van der Waals surface area contributed by atoms with Crippen LogP contribution in [0.4, 0.5) is 0 Å². The molecule has 0 radical (unpaired) electrons. The number of para-hydroxylation sites is 1. The molecule has 4 aromatic rings. The Labute approximate surface area is 160 Å². The zero-order chi connectivity index (χ0) is 19.3. The molecule has 0 aliphatic heterocycles. The summed E-state index contributed by atoms with van der Waals surface area (Å²) in [6, 6.07) is 18.2. The molecule has 28 heavy (non-hydrogen) atoms. The van der Waals surface area contributed by atoms with E-state index in [9.17, 15) is 4.79 Å². The van der Waals surface area contributed by atoms with Crippen LogP contribution in [0.25, 0.3) is 22.5 Å². The summed E-state index contributed by atoms with van der Waals surface area (Å²) >= 11 is 0. The average molecular weight is 379 g/mol. The minimum Gasteiger partial charge on any atom is -0.497 e. The quantitative estimate of drug-likeness (QED) is 0.445. The highest BCUT2D eigenvalue weighted by molar-refractivity contribution is 5.81. The molecule has 0 fully saturated rings. The first kappa shape index (κ1) is 17.7. The number of hydrogen-bond acceptors (Lipinski definition) is 7. The number of carbonyl (C=O) groups is 1. The first-order valence-corrected chi connectivity index (χ1v) is 8.58. The van der Waals surface area contributed by atoms with E-state index < -0.39 is 5.97 Å². The summed E-state index contributed by atoms with van der Waals surface area (Å²) in [7, 11) is 1.56. The van der Waals surface area contributed by atoms with Crippen molar-refractivity contribution in [1.29, 1.82) is 0 Å². The molecule has 0 saturated heterocycles. The Morgan fingerprint density at radius 1 is 1.00 bits per heavy atom. The predicted octanol–water partition coefficient (Wildman–Crippen LogP) is 4.22. The van der Waals surface area contributed by atoms with Crippen LogP contribution in [0.2, 0.25) is 0 Å². The molecular weight excluding hydrogens is 362 g/mol. The highest BCUT2D eigenvalue weighted by atomic mass is 16.6. The normalized spacial score (nSPS) is 10.8. The fraction of sp³-hybridized carbons (Fsp3) is 0.143. The van der Waals surface area contributed by atoms with Gasteiger partial charge in [-0.1, -0.05) is 29.4 Å². The van der Waals surface area contributed by atoms with E-state index in [1.165, 1.54) is 0 Å². The van der Waals surface area contributed by atoms with Crippen molar-refractivity contribution in [2.75, 3.05) is 13.7 Å². The van der Waals surface area contributed by atoms with Gasteiger partial charge in [0.25, 0.3) is 0 Å². The van der Waals surface area contributed by atoms with Gasteiger partial charge in [0.2, 0.25) is 5.76 Å². The van der Waals surface area contributed by atoms with Crippen LogP contribution in [0.5, 0.6) is 11.5 Å². The number of fused-ring (bicyclic) bond motifs is 1. The highest BCUT2D eigenvalue weighted by Gasteiger charge is 2.13. The van der Waals surface area contributed by atoms with Crippen LogP contribution in [0, 0.1) is 0 Å². The van der Waals surface area contributed by atoms with Gasteiger partial charge in [0.15, 0.2) is 12.4 Å². The standard InChI is InChI=1S/C21H17NO6/c1-24-16-6-4-7-17(11-16)25-13-21(23)26-12-15-10-20(28-22-15)19-9-14-5-2-3-8-18(14)27-19/h2-11H,12-13H2,1H3. The lowest BCUT2D eigenvalue weighted by molar-refractivity contribution is -0.147. The predicted molar refractivity (Wildman–Crippen MR) is 100.0 cm³/mol. The molecule has 0 aliphatic rings. The summed E-state index contributed by atoms with van der Waals surface area (Å²) in [6.45, 7) is -0.245. The summed E-state index contributed by atoms with van der Waals surface area (Å²) in [5, 5.41) is 4.88. The number of nitrogens with zero attached hydrogens (tertiary/aromatic N) is 1. The second-order valence-corrected chi connectivity index (χ2v) is 5.96. The molecule has 0 spiro atoms. The fourth-order valence-corrected chi connectivity index (χ4v) is 2.63. The van der Waals surface area contributed by atoms with E-state index in [4.69, 9.17) is 23.2 Å². The molecule has 0 bridgehead atoms. The van der Waals surface area contributed by atoms with E-state index >= 15 is 0 Å². The minimum atomic E-state index is -0.517.